The summed E-state index contributed by atoms with van der Waals surface area (Å²) in [6.45, 7) is 0. The summed E-state index contributed by atoms with van der Waals surface area (Å²) in [6, 6.07) is 13.0. The predicted octanol–water partition coefficient (Wildman–Crippen LogP) is -2.10. The molecular formula is C12H16B2N2O4. The fraction of sp³-hybridized carbons (Fsp3) is 0. The van der Waals surface area contributed by atoms with Crippen LogP contribution in [0, 0.1) is 0 Å². The Balaban J connectivity index is 0.000000200. The molecule has 8 heteroatoms. The highest BCUT2D eigenvalue weighted by Crippen LogP contribution is 1.96. The maximum Gasteiger partial charge on any atom is 0.490 e. The molecule has 0 unspecified atom stereocenters. The van der Waals surface area contributed by atoms with Crippen molar-refractivity contribution < 1.29 is 20.1 Å². The van der Waals surface area contributed by atoms with Crippen LogP contribution in [-0.4, -0.2) is 34.3 Å². The van der Waals surface area contributed by atoms with Crippen LogP contribution in [-0.2, 0) is 0 Å². The van der Waals surface area contributed by atoms with Gasteiger partial charge in [-0.2, -0.15) is 0 Å². The molecule has 2 aromatic rings. The minimum absolute atomic E-state index is 0.350. The summed E-state index contributed by atoms with van der Waals surface area (Å²) < 4.78 is 0. The summed E-state index contributed by atoms with van der Waals surface area (Å²) in [5.74, 6) is 0. The summed E-state index contributed by atoms with van der Waals surface area (Å²) >= 11 is 0. The number of para-hydroxylation sites is 1. The number of hydrogen-bond donors (Lipinski definition) is 6. The number of hydrogen-bond acceptors (Lipinski definition) is 6. The van der Waals surface area contributed by atoms with E-state index in [1.807, 2.05) is 0 Å². The minimum atomic E-state index is -1.47. The number of nitrogen functional groups attached to an aromatic ring is 2. The van der Waals surface area contributed by atoms with Gasteiger partial charge in [-0.15, -0.1) is 0 Å². The first-order valence-electron chi connectivity index (χ1n) is 5.84. The Morgan fingerprint density at radius 2 is 1.25 bits per heavy atom. The van der Waals surface area contributed by atoms with Crippen LogP contribution in [0.25, 0.3) is 0 Å². The van der Waals surface area contributed by atoms with Gasteiger partial charge in [0, 0.05) is 16.8 Å². The molecule has 2 aromatic carbocycles. The van der Waals surface area contributed by atoms with Crippen molar-refractivity contribution in [2.24, 2.45) is 0 Å². The summed E-state index contributed by atoms with van der Waals surface area (Å²) in [4.78, 5) is 0. The lowest BCUT2D eigenvalue weighted by molar-refractivity contribution is 0.424. The highest BCUT2D eigenvalue weighted by Gasteiger charge is 2.12. The van der Waals surface area contributed by atoms with Gasteiger partial charge >= 0.3 is 14.2 Å². The predicted molar refractivity (Wildman–Crippen MR) is 81.4 cm³/mol. The average molecular weight is 274 g/mol. The second-order valence-corrected chi connectivity index (χ2v) is 4.04. The van der Waals surface area contributed by atoms with Crippen molar-refractivity contribution in [2.45, 2.75) is 0 Å². The molecule has 20 heavy (non-hydrogen) atoms. The van der Waals surface area contributed by atoms with E-state index in [4.69, 9.17) is 31.6 Å². The van der Waals surface area contributed by atoms with Crippen molar-refractivity contribution >= 4 is 36.5 Å². The number of rotatable bonds is 2. The summed E-state index contributed by atoms with van der Waals surface area (Å²) in [6.07, 6.45) is 0. The Morgan fingerprint density at radius 3 is 1.65 bits per heavy atom. The molecule has 0 aromatic heterocycles. The van der Waals surface area contributed by atoms with Crippen LogP contribution in [0.1, 0.15) is 0 Å². The van der Waals surface area contributed by atoms with Crippen LogP contribution in [0.3, 0.4) is 0 Å². The van der Waals surface area contributed by atoms with Gasteiger partial charge in [0.05, 0.1) is 0 Å². The average Bonchev–Trinajstić information content (AvgIpc) is 2.40. The summed E-state index contributed by atoms with van der Waals surface area (Å²) in [5.41, 5.74) is 12.6. The van der Waals surface area contributed by atoms with E-state index in [0.29, 0.717) is 22.3 Å². The molecule has 0 bridgehead atoms. The summed E-state index contributed by atoms with van der Waals surface area (Å²) in [7, 11) is -2.87. The van der Waals surface area contributed by atoms with E-state index >= 15 is 0 Å². The Morgan fingerprint density at radius 1 is 0.700 bits per heavy atom. The van der Waals surface area contributed by atoms with Gasteiger partial charge in [0.15, 0.2) is 0 Å². The molecule has 0 amide bonds. The molecule has 104 valence electrons. The smallest absolute Gasteiger partial charge is 0.423 e. The molecule has 0 aliphatic rings. The zero-order valence-corrected chi connectivity index (χ0v) is 10.7. The molecule has 0 aliphatic carbocycles. The first-order chi connectivity index (χ1) is 9.41. The maximum absolute atomic E-state index is 8.68. The molecule has 0 saturated carbocycles. The summed E-state index contributed by atoms with van der Waals surface area (Å²) in [5, 5.41) is 34.6. The zero-order chi connectivity index (χ0) is 15.1. The Labute approximate surface area is 117 Å². The van der Waals surface area contributed by atoms with Gasteiger partial charge in [0.1, 0.15) is 0 Å². The van der Waals surface area contributed by atoms with Gasteiger partial charge in [-0.05, 0) is 23.7 Å². The molecule has 2 rings (SSSR count). The molecule has 0 fully saturated rings. The SMILES string of the molecule is Nc1ccc(B(O)O)cc1.Nc1ccccc1B(O)O. The second-order valence-electron chi connectivity index (χ2n) is 4.04. The molecular weight excluding hydrogens is 258 g/mol. The molecule has 0 heterocycles. The van der Waals surface area contributed by atoms with Crippen LogP contribution in [0.4, 0.5) is 11.4 Å². The Bertz CT molecular complexity index is 535. The van der Waals surface area contributed by atoms with Gasteiger partial charge in [0.2, 0.25) is 0 Å². The van der Waals surface area contributed by atoms with E-state index in [2.05, 4.69) is 0 Å². The first kappa shape index (κ1) is 16.1. The van der Waals surface area contributed by atoms with Crippen molar-refractivity contribution in [2.75, 3.05) is 11.5 Å². The minimum Gasteiger partial charge on any atom is -0.423 e. The molecule has 0 atom stereocenters. The highest BCUT2D eigenvalue weighted by atomic mass is 16.4. The fourth-order valence-electron chi connectivity index (χ4n) is 1.41. The van der Waals surface area contributed by atoms with Gasteiger partial charge in [-0.1, -0.05) is 30.3 Å². The highest BCUT2D eigenvalue weighted by molar-refractivity contribution is 6.60. The largest absolute Gasteiger partial charge is 0.490 e. The maximum atomic E-state index is 8.68. The van der Waals surface area contributed by atoms with Gasteiger partial charge in [0.25, 0.3) is 0 Å². The third-order valence-corrected chi connectivity index (χ3v) is 2.51. The van der Waals surface area contributed by atoms with Crippen LogP contribution in [0.15, 0.2) is 48.5 Å². The van der Waals surface area contributed by atoms with Crippen LogP contribution in [0.2, 0.25) is 0 Å². The van der Waals surface area contributed by atoms with Crippen molar-refractivity contribution in [1.29, 1.82) is 0 Å². The van der Waals surface area contributed by atoms with E-state index in [1.54, 1.807) is 48.5 Å². The van der Waals surface area contributed by atoms with Crippen molar-refractivity contribution in [3.63, 3.8) is 0 Å². The van der Waals surface area contributed by atoms with Gasteiger partial charge < -0.3 is 31.6 Å². The Kier molecular flexibility index (Phi) is 6.08. The number of anilines is 2. The third-order valence-electron chi connectivity index (χ3n) is 2.51. The zero-order valence-electron chi connectivity index (χ0n) is 10.7. The standard InChI is InChI=1S/2C6H8BNO2/c8-6-3-1-5(2-4-6)7(9)10;8-6-4-2-1-3-5(6)7(9)10/h2*1-4,9-10H,8H2. The van der Waals surface area contributed by atoms with Crippen molar-refractivity contribution in [3.8, 4) is 0 Å². The molecule has 0 aliphatic heterocycles. The van der Waals surface area contributed by atoms with E-state index in [9.17, 15) is 0 Å². The number of benzene rings is 2. The molecule has 0 saturated heterocycles. The third kappa shape index (κ3) is 4.94. The van der Waals surface area contributed by atoms with E-state index in [0.717, 1.165) is 0 Å². The monoisotopic (exact) mass is 274 g/mol. The molecule has 8 N–H and O–H groups in total. The van der Waals surface area contributed by atoms with E-state index in [1.165, 1.54) is 0 Å². The van der Waals surface area contributed by atoms with E-state index in [-0.39, 0.29) is 0 Å². The normalized spacial score (nSPS) is 9.40. The lowest BCUT2D eigenvalue weighted by Crippen LogP contribution is -2.31. The fourth-order valence-corrected chi connectivity index (χ4v) is 1.41. The second kappa shape index (κ2) is 7.56. The first-order valence-corrected chi connectivity index (χ1v) is 5.84. The molecule has 0 spiro atoms. The van der Waals surface area contributed by atoms with Crippen LogP contribution < -0.4 is 22.4 Å². The van der Waals surface area contributed by atoms with Crippen LogP contribution in [0.5, 0.6) is 0 Å². The van der Waals surface area contributed by atoms with Crippen molar-refractivity contribution in [1.82, 2.24) is 0 Å². The molecule has 6 nitrogen and oxygen atoms in total. The van der Waals surface area contributed by atoms with Crippen molar-refractivity contribution in [3.05, 3.63) is 48.5 Å². The lowest BCUT2D eigenvalue weighted by Gasteiger charge is -2.01. The quantitative estimate of drug-likeness (QED) is 0.274. The number of nitrogens with two attached hydrogens (primary N) is 2. The Hall–Kier alpha value is -1.99. The van der Waals surface area contributed by atoms with E-state index < -0.39 is 14.2 Å². The topological polar surface area (TPSA) is 133 Å². The lowest BCUT2D eigenvalue weighted by atomic mass is 9.79. The van der Waals surface area contributed by atoms with Gasteiger partial charge in [-0.25, -0.2) is 0 Å². The van der Waals surface area contributed by atoms with Gasteiger partial charge in [-0.3, -0.25) is 0 Å². The van der Waals surface area contributed by atoms with Crippen LogP contribution >= 0.6 is 0 Å². The molecule has 0 radical (unpaired) electrons.